The number of nitrogens with zero attached hydrogens (tertiary/aromatic N) is 2. The molecule has 2 aliphatic rings. The Labute approximate surface area is 68.0 Å². The van der Waals surface area contributed by atoms with E-state index in [1.165, 1.54) is 12.2 Å². The molecule has 0 saturated carbocycles. The predicted molar refractivity (Wildman–Crippen MR) is 43.1 cm³/mol. The average Bonchev–Trinajstić information content (AvgIpc) is 2.04. The van der Waals surface area contributed by atoms with Crippen molar-refractivity contribution in [2.75, 3.05) is 0 Å². The summed E-state index contributed by atoms with van der Waals surface area (Å²) in [6.45, 7) is 0. The minimum atomic E-state index is -0.687. The van der Waals surface area contributed by atoms with Crippen molar-refractivity contribution in [3.63, 3.8) is 0 Å². The van der Waals surface area contributed by atoms with Gasteiger partial charge >= 0.3 is 0 Å². The third-order valence-corrected chi connectivity index (χ3v) is 1.64. The van der Waals surface area contributed by atoms with Crippen LogP contribution >= 0.6 is 0 Å². The smallest absolute Gasteiger partial charge is 0.270 e. The number of rotatable bonds is 0. The van der Waals surface area contributed by atoms with Crippen molar-refractivity contribution in [1.82, 2.24) is 0 Å². The van der Waals surface area contributed by atoms with Crippen LogP contribution in [0.1, 0.15) is 0 Å². The van der Waals surface area contributed by atoms with E-state index >= 15 is 0 Å². The lowest BCUT2D eigenvalue weighted by molar-refractivity contribution is -0.111. The molecule has 0 N–H and O–H groups in total. The lowest BCUT2D eigenvalue weighted by atomic mass is 10.1. The SMILES string of the molecule is O=C1C=NC2C(F)=CC=CC2=N1. The Morgan fingerprint density at radius 3 is 3.17 bits per heavy atom. The lowest BCUT2D eigenvalue weighted by Crippen LogP contribution is -2.25. The van der Waals surface area contributed by atoms with E-state index in [0.717, 1.165) is 6.21 Å². The number of aliphatic imine (C=N–C) groups is 2. The molecule has 0 aromatic carbocycles. The van der Waals surface area contributed by atoms with Crippen LogP contribution in [-0.2, 0) is 4.79 Å². The summed E-state index contributed by atoms with van der Waals surface area (Å²) in [5.41, 5.74) is 0.377. The summed E-state index contributed by atoms with van der Waals surface area (Å²) in [6.07, 6.45) is 5.46. The maximum Gasteiger partial charge on any atom is 0.288 e. The molecular formula is C8H5FN2O. The quantitative estimate of drug-likeness (QED) is 0.522. The number of fused-ring (bicyclic) bond motifs is 1. The van der Waals surface area contributed by atoms with Crippen molar-refractivity contribution >= 4 is 17.8 Å². The molecule has 0 aromatic heterocycles. The van der Waals surface area contributed by atoms with E-state index in [2.05, 4.69) is 9.98 Å². The van der Waals surface area contributed by atoms with Gasteiger partial charge in [0.25, 0.3) is 5.91 Å². The summed E-state index contributed by atoms with van der Waals surface area (Å²) >= 11 is 0. The Morgan fingerprint density at radius 2 is 2.33 bits per heavy atom. The highest BCUT2D eigenvalue weighted by Crippen LogP contribution is 2.17. The Hall–Kier alpha value is -1.58. The predicted octanol–water partition coefficient (Wildman–Crippen LogP) is 0.830. The monoisotopic (exact) mass is 164 g/mol. The average molecular weight is 164 g/mol. The van der Waals surface area contributed by atoms with E-state index < -0.39 is 11.9 Å². The van der Waals surface area contributed by atoms with Crippen LogP contribution in [0.4, 0.5) is 4.39 Å². The van der Waals surface area contributed by atoms with Crippen molar-refractivity contribution < 1.29 is 9.18 Å². The third kappa shape index (κ3) is 1.01. The van der Waals surface area contributed by atoms with Gasteiger partial charge in [0.15, 0.2) is 0 Å². The highest BCUT2D eigenvalue weighted by Gasteiger charge is 2.23. The van der Waals surface area contributed by atoms with Crippen LogP contribution in [0, 0.1) is 0 Å². The molecule has 0 radical (unpaired) electrons. The van der Waals surface area contributed by atoms with E-state index in [1.807, 2.05) is 0 Å². The van der Waals surface area contributed by atoms with Gasteiger partial charge in [-0.1, -0.05) is 6.08 Å². The number of halogens is 1. The minimum absolute atomic E-state index is 0.375. The zero-order chi connectivity index (χ0) is 8.55. The van der Waals surface area contributed by atoms with Gasteiger partial charge in [-0.25, -0.2) is 9.38 Å². The second kappa shape index (κ2) is 2.48. The van der Waals surface area contributed by atoms with Gasteiger partial charge in [0, 0.05) is 0 Å². The summed E-state index contributed by atoms with van der Waals surface area (Å²) in [4.78, 5) is 18.0. The topological polar surface area (TPSA) is 41.8 Å². The van der Waals surface area contributed by atoms with Crippen LogP contribution in [0.2, 0.25) is 0 Å². The van der Waals surface area contributed by atoms with Crippen molar-refractivity contribution in [2.45, 2.75) is 6.04 Å². The molecule has 60 valence electrons. The van der Waals surface area contributed by atoms with Gasteiger partial charge in [-0.2, -0.15) is 0 Å². The molecule has 0 saturated heterocycles. The van der Waals surface area contributed by atoms with Crippen molar-refractivity contribution in [2.24, 2.45) is 9.98 Å². The standard InChI is InChI=1S/C8H5FN2O/c9-5-2-1-3-6-8(5)10-4-7(12)11-6/h1-4,8H. The number of carbonyl (C=O) groups is 1. The molecule has 1 amide bonds. The first kappa shape index (κ1) is 7.09. The zero-order valence-electron chi connectivity index (χ0n) is 6.07. The molecule has 12 heavy (non-hydrogen) atoms. The van der Waals surface area contributed by atoms with Crippen molar-refractivity contribution in [3.05, 3.63) is 24.1 Å². The van der Waals surface area contributed by atoms with Crippen molar-refractivity contribution in [1.29, 1.82) is 0 Å². The highest BCUT2D eigenvalue weighted by atomic mass is 19.1. The first-order chi connectivity index (χ1) is 5.77. The van der Waals surface area contributed by atoms with Gasteiger partial charge in [0.2, 0.25) is 0 Å². The summed E-state index contributed by atoms with van der Waals surface area (Å²) in [7, 11) is 0. The molecule has 0 spiro atoms. The fourth-order valence-corrected chi connectivity index (χ4v) is 1.10. The molecule has 1 aliphatic heterocycles. The van der Waals surface area contributed by atoms with Crippen molar-refractivity contribution in [3.8, 4) is 0 Å². The normalized spacial score (nSPS) is 26.4. The molecule has 1 atom stereocenters. The van der Waals surface area contributed by atoms with Gasteiger partial charge in [0.05, 0.1) is 11.9 Å². The minimum Gasteiger partial charge on any atom is -0.270 e. The summed E-state index contributed by atoms with van der Waals surface area (Å²) < 4.78 is 13.0. The second-order valence-corrected chi connectivity index (χ2v) is 2.47. The first-order valence-corrected chi connectivity index (χ1v) is 3.47. The Morgan fingerprint density at radius 1 is 1.50 bits per heavy atom. The molecular weight excluding hydrogens is 159 g/mol. The van der Waals surface area contributed by atoms with Gasteiger partial charge < -0.3 is 0 Å². The van der Waals surface area contributed by atoms with Crippen LogP contribution in [-0.4, -0.2) is 23.9 Å². The van der Waals surface area contributed by atoms with E-state index in [0.29, 0.717) is 5.71 Å². The second-order valence-electron chi connectivity index (χ2n) is 2.47. The lowest BCUT2D eigenvalue weighted by Gasteiger charge is -2.15. The molecule has 2 rings (SSSR count). The van der Waals surface area contributed by atoms with Gasteiger partial charge in [-0.05, 0) is 12.2 Å². The maximum absolute atomic E-state index is 13.0. The summed E-state index contributed by atoms with van der Waals surface area (Å²) in [5.74, 6) is -0.805. The molecule has 0 fully saturated rings. The Kier molecular flexibility index (Phi) is 1.46. The zero-order valence-corrected chi connectivity index (χ0v) is 6.07. The maximum atomic E-state index is 13.0. The van der Waals surface area contributed by atoms with Crippen LogP contribution in [0.15, 0.2) is 34.0 Å². The molecule has 3 nitrogen and oxygen atoms in total. The third-order valence-electron chi connectivity index (χ3n) is 1.64. The first-order valence-electron chi connectivity index (χ1n) is 3.47. The number of carbonyl (C=O) groups excluding carboxylic acids is 1. The molecule has 1 unspecified atom stereocenters. The fourth-order valence-electron chi connectivity index (χ4n) is 1.10. The van der Waals surface area contributed by atoms with Crippen LogP contribution in [0.25, 0.3) is 0 Å². The van der Waals surface area contributed by atoms with Crippen LogP contribution in [0.5, 0.6) is 0 Å². The van der Waals surface area contributed by atoms with E-state index in [1.54, 1.807) is 6.08 Å². The van der Waals surface area contributed by atoms with Gasteiger partial charge in [-0.15, -0.1) is 0 Å². The molecule has 1 aliphatic carbocycles. The van der Waals surface area contributed by atoms with E-state index in [4.69, 9.17) is 0 Å². The number of amides is 1. The largest absolute Gasteiger partial charge is 0.288 e. The van der Waals surface area contributed by atoms with Crippen LogP contribution < -0.4 is 0 Å². The fraction of sp³-hybridized carbons (Fsp3) is 0.125. The molecule has 4 heteroatoms. The van der Waals surface area contributed by atoms with Crippen LogP contribution in [0.3, 0.4) is 0 Å². The molecule has 0 bridgehead atoms. The number of hydrogen-bond acceptors (Lipinski definition) is 2. The highest BCUT2D eigenvalue weighted by molar-refractivity contribution is 6.32. The summed E-state index contributed by atoms with van der Waals surface area (Å²) in [6, 6.07) is -0.687. The number of allylic oxidation sites excluding steroid dienone is 2. The summed E-state index contributed by atoms with van der Waals surface area (Å²) in [5, 5.41) is 0. The van der Waals surface area contributed by atoms with Gasteiger partial charge in [0.1, 0.15) is 11.9 Å². The molecule has 0 aromatic rings. The molecule has 1 heterocycles. The number of hydrogen-bond donors (Lipinski definition) is 0. The van der Waals surface area contributed by atoms with E-state index in [9.17, 15) is 9.18 Å². The van der Waals surface area contributed by atoms with E-state index in [-0.39, 0.29) is 5.83 Å². The Balaban J connectivity index is 2.42. The Bertz CT molecular complexity index is 352. The van der Waals surface area contributed by atoms with Gasteiger partial charge in [-0.3, -0.25) is 9.79 Å².